The van der Waals surface area contributed by atoms with Gasteiger partial charge in [-0.2, -0.15) is 0 Å². The summed E-state index contributed by atoms with van der Waals surface area (Å²) in [6.45, 7) is 3.76. The van der Waals surface area contributed by atoms with E-state index in [4.69, 9.17) is 0 Å². The largest absolute Gasteiger partial charge is 0.311 e. The van der Waals surface area contributed by atoms with Crippen molar-refractivity contribution in [2.24, 2.45) is 5.41 Å². The molecule has 3 saturated heterocycles. The third kappa shape index (κ3) is 1.69. The van der Waals surface area contributed by atoms with E-state index in [1.54, 1.807) is 4.90 Å². The zero-order valence-corrected chi connectivity index (χ0v) is 10.5. The first-order chi connectivity index (χ1) is 7.97. The fourth-order valence-corrected chi connectivity index (χ4v) is 3.59. The first-order valence-electron chi connectivity index (χ1n) is 6.60. The molecule has 3 fully saturated rings. The second-order valence-corrected chi connectivity index (χ2v) is 6.39. The molecule has 4 heteroatoms. The highest BCUT2D eigenvalue weighted by molar-refractivity contribution is 6.05. The molecule has 0 radical (unpaired) electrons. The van der Waals surface area contributed by atoms with Gasteiger partial charge in [0.25, 0.3) is 0 Å². The zero-order chi connectivity index (χ0) is 12.2. The predicted octanol–water partition coefficient (Wildman–Crippen LogP) is 1.05. The maximum Gasteiger partial charge on any atom is 0.235 e. The number of fused-ring (bicyclic) bond motifs is 2. The van der Waals surface area contributed by atoms with Crippen LogP contribution in [0.2, 0.25) is 0 Å². The molecule has 2 atom stereocenters. The third-order valence-corrected chi connectivity index (χ3v) is 4.47. The van der Waals surface area contributed by atoms with Gasteiger partial charge in [-0.1, -0.05) is 13.8 Å². The molecule has 0 aromatic carbocycles. The molecular formula is C13H20N2O2. The lowest BCUT2D eigenvalue weighted by atomic mass is 9.91. The number of hydrogen-bond donors (Lipinski definition) is 1. The summed E-state index contributed by atoms with van der Waals surface area (Å²) in [4.78, 5) is 25.8. The first-order valence-corrected chi connectivity index (χ1v) is 6.60. The van der Waals surface area contributed by atoms with Crippen molar-refractivity contribution in [2.75, 3.05) is 0 Å². The van der Waals surface area contributed by atoms with Gasteiger partial charge >= 0.3 is 0 Å². The average Bonchev–Trinajstić information content (AvgIpc) is 2.66. The minimum absolute atomic E-state index is 0.0336. The monoisotopic (exact) mass is 236 g/mol. The number of amides is 2. The van der Waals surface area contributed by atoms with Crippen molar-refractivity contribution in [2.45, 2.75) is 64.1 Å². The van der Waals surface area contributed by atoms with Gasteiger partial charge in [0.2, 0.25) is 11.8 Å². The summed E-state index contributed by atoms with van der Waals surface area (Å²) >= 11 is 0. The fraction of sp³-hybridized carbons (Fsp3) is 0.846. The van der Waals surface area contributed by atoms with Crippen molar-refractivity contribution in [1.82, 2.24) is 10.2 Å². The Balaban J connectivity index is 1.81. The van der Waals surface area contributed by atoms with Crippen LogP contribution in [0.1, 0.15) is 46.0 Å². The molecule has 3 rings (SSSR count). The van der Waals surface area contributed by atoms with E-state index in [1.165, 1.54) is 12.8 Å². The number of piperidine rings is 1. The normalized spacial score (nSPS) is 40.1. The van der Waals surface area contributed by atoms with Gasteiger partial charge in [0.05, 0.1) is 5.41 Å². The Morgan fingerprint density at radius 1 is 1.18 bits per heavy atom. The minimum Gasteiger partial charge on any atom is -0.311 e. The summed E-state index contributed by atoms with van der Waals surface area (Å²) in [6, 6.07) is 1.18. The van der Waals surface area contributed by atoms with E-state index in [0.29, 0.717) is 18.5 Å². The molecule has 0 saturated carbocycles. The van der Waals surface area contributed by atoms with E-state index >= 15 is 0 Å². The second-order valence-electron chi connectivity index (χ2n) is 6.39. The molecule has 2 amide bonds. The molecule has 2 unspecified atom stereocenters. The highest BCUT2D eigenvalue weighted by Gasteiger charge is 2.49. The number of carbonyl (C=O) groups is 2. The average molecular weight is 236 g/mol. The van der Waals surface area contributed by atoms with E-state index in [-0.39, 0.29) is 17.9 Å². The van der Waals surface area contributed by atoms with Crippen LogP contribution in [0.4, 0.5) is 0 Å². The molecule has 2 bridgehead atoms. The second kappa shape index (κ2) is 3.55. The highest BCUT2D eigenvalue weighted by atomic mass is 16.2. The van der Waals surface area contributed by atoms with Crippen molar-refractivity contribution in [3.63, 3.8) is 0 Å². The lowest BCUT2D eigenvalue weighted by molar-refractivity contribution is -0.144. The van der Waals surface area contributed by atoms with Gasteiger partial charge in [-0.05, 0) is 25.7 Å². The van der Waals surface area contributed by atoms with Crippen molar-refractivity contribution in [3.05, 3.63) is 0 Å². The molecule has 3 aliphatic rings. The van der Waals surface area contributed by atoms with Crippen LogP contribution in [0.5, 0.6) is 0 Å². The number of rotatable bonds is 1. The number of nitrogens with one attached hydrogen (secondary N) is 1. The summed E-state index contributed by atoms with van der Waals surface area (Å²) in [5, 5.41) is 3.54. The lowest BCUT2D eigenvalue weighted by Gasteiger charge is -2.35. The van der Waals surface area contributed by atoms with Crippen LogP contribution >= 0.6 is 0 Å². The molecule has 0 spiro atoms. The lowest BCUT2D eigenvalue weighted by Crippen LogP contribution is -2.50. The van der Waals surface area contributed by atoms with E-state index in [9.17, 15) is 9.59 Å². The third-order valence-electron chi connectivity index (χ3n) is 4.47. The summed E-state index contributed by atoms with van der Waals surface area (Å²) in [5.74, 6) is 0.0695. The highest BCUT2D eigenvalue weighted by Crippen LogP contribution is 2.37. The zero-order valence-electron chi connectivity index (χ0n) is 10.5. The molecule has 0 aromatic heterocycles. The van der Waals surface area contributed by atoms with Crippen LogP contribution in [-0.2, 0) is 9.59 Å². The molecule has 94 valence electrons. The Hall–Kier alpha value is -0.900. The van der Waals surface area contributed by atoms with Crippen LogP contribution in [0.3, 0.4) is 0 Å². The molecule has 3 heterocycles. The summed E-state index contributed by atoms with van der Waals surface area (Å²) < 4.78 is 0. The van der Waals surface area contributed by atoms with E-state index in [1.807, 2.05) is 13.8 Å². The Morgan fingerprint density at radius 2 is 1.76 bits per heavy atom. The number of carbonyl (C=O) groups excluding carboxylic acids is 2. The Bertz CT molecular complexity index is 366. The number of likely N-dealkylation sites (tertiary alicyclic amines) is 1. The van der Waals surface area contributed by atoms with Gasteiger partial charge in [-0.15, -0.1) is 0 Å². The van der Waals surface area contributed by atoms with Crippen LogP contribution < -0.4 is 5.32 Å². The Labute approximate surface area is 102 Å². The van der Waals surface area contributed by atoms with Gasteiger partial charge in [0.1, 0.15) is 0 Å². The molecular weight excluding hydrogens is 216 g/mol. The SMILES string of the molecule is CC1(C)CC(=O)N(C2CC3CCC(C2)N3)C1=O. The fourth-order valence-electron chi connectivity index (χ4n) is 3.59. The van der Waals surface area contributed by atoms with Crippen molar-refractivity contribution in [1.29, 1.82) is 0 Å². The van der Waals surface area contributed by atoms with Gasteiger partial charge in [-0.25, -0.2) is 0 Å². The van der Waals surface area contributed by atoms with E-state index < -0.39 is 5.41 Å². The standard InChI is InChI=1S/C13H20N2O2/c1-13(2)7-11(16)15(12(13)17)10-5-8-3-4-9(6-10)14-8/h8-10,14H,3-7H2,1-2H3. The van der Waals surface area contributed by atoms with Crippen LogP contribution in [-0.4, -0.2) is 34.8 Å². The Kier molecular flexibility index (Phi) is 2.34. The molecule has 3 aliphatic heterocycles. The molecule has 17 heavy (non-hydrogen) atoms. The molecule has 4 nitrogen and oxygen atoms in total. The van der Waals surface area contributed by atoms with Crippen molar-refractivity contribution in [3.8, 4) is 0 Å². The summed E-state index contributed by atoms with van der Waals surface area (Å²) in [5.41, 5.74) is -0.485. The summed E-state index contributed by atoms with van der Waals surface area (Å²) in [7, 11) is 0. The quantitative estimate of drug-likeness (QED) is 0.692. The van der Waals surface area contributed by atoms with Gasteiger partial charge < -0.3 is 5.32 Å². The van der Waals surface area contributed by atoms with Crippen LogP contribution in [0, 0.1) is 5.41 Å². The van der Waals surface area contributed by atoms with Crippen molar-refractivity contribution >= 4 is 11.8 Å². The van der Waals surface area contributed by atoms with Crippen molar-refractivity contribution < 1.29 is 9.59 Å². The van der Waals surface area contributed by atoms with E-state index in [2.05, 4.69) is 5.32 Å². The molecule has 0 aromatic rings. The maximum atomic E-state index is 12.3. The maximum absolute atomic E-state index is 12.3. The minimum atomic E-state index is -0.485. The van der Waals surface area contributed by atoms with Gasteiger partial charge in [-0.3, -0.25) is 14.5 Å². The van der Waals surface area contributed by atoms with Crippen LogP contribution in [0.15, 0.2) is 0 Å². The van der Waals surface area contributed by atoms with Gasteiger partial charge in [0.15, 0.2) is 0 Å². The van der Waals surface area contributed by atoms with E-state index in [0.717, 1.165) is 12.8 Å². The summed E-state index contributed by atoms with van der Waals surface area (Å²) in [6.07, 6.45) is 4.67. The smallest absolute Gasteiger partial charge is 0.235 e. The number of imide groups is 1. The molecule has 1 N–H and O–H groups in total. The van der Waals surface area contributed by atoms with Gasteiger partial charge in [0, 0.05) is 24.5 Å². The molecule has 0 aliphatic carbocycles. The topological polar surface area (TPSA) is 49.4 Å². The number of hydrogen-bond acceptors (Lipinski definition) is 3. The van der Waals surface area contributed by atoms with Crippen LogP contribution in [0.25, 0.3) is 0 Å². The predicted molar refractivity (Wildman–Crippen MR) is 63.2 cm³/mol. The Morgan fingerprint density at radius 3 is 2.24 bits per heavy atom. The first kappa shape index (κ1) is 11.2. The number of nitrogens with zero attached hydrogens (tertiary/aromatic N) is 1.